The van der Waals surface area contributed by atoms with Crippen molar-refractivity contribution in [3.05, 3.63) is 42.0 Å². The first kappa shape index (κ1) is 28.1. The lowest BCUT2D eigenvalue weighted by Crippen LogP contribution is -2.49. The average molecular weight is 539 g/mol. The standard InChI is InChI=1S/C29H38N4O6/c1-5-6-7-16-38-25-17-22(12-13-24(25)37-4)32-15-9-14-31(29(32)36)18-21-10-8-11-23-28(21)39-20-27(35)33(23)19-26(34)30(2)3/h8,10-13,17H,5-7,9,14-16,18-20H2,1-4H3. The van der Waals surface area contributed by atoms with Crippen LogP contribution in [-0.4, -0.2) is 81.7 Å². The number of unbranched alkanes of at least 4 members (excludes halogenated alkanes) is 2. The summed E-state index contributed by atoms with van der Waals surface area (Å²) in [6.07, 6.45) is 3.95. The van der Waals surface area contributed by atoms with E-state index in [9.17, 15) is 14.4 Å². The number of nitrogens with zero attached hydrogens (tertiary/aromatic N) is 4. The summed E-state index contributed by atoms with van der Waals surface area (Å²) in [4.78, 5) is 45.0. The number of benzene rings is 2. The van der Waals surface area contributed by atoms with Gasteiger partial charge in [0.1, 0.15) is 12.3 Å². The molecule has 1 saturated heterocycles. The van der Waals surface area contributed by atoms with Gasteiger partial charge in [0.05, 0.1) is 25.9 Å². The number of para-hydroxylation sites is 1. The zero-order valence-corrected chi connectivity index (χ0v) is 23.3. The number of likely N-dealkylation sites (N-methyl/N-ethyl adjacent to an activating group) is 1. The second kappa shape index (κ2) is 12.7. The van der Waals surface area contributed by atoms with E-state index in [0.717, 1.165) is 36.9 Å². The van der Waals surface area contributed by atoms with Gasteiger partial charge in [0.15, 0.2) is 18.1 Å². The van der Waals surface area contributed by atoms with Crippen LogP contribution < -0.4 is 24.0 Å². The lowest BCUT2D eigenvalue weighted by Gasteiger charge is -2.37. The zero-order valence-electron chi connectivity index (χ0n) is 23.3. The Morgan fingerprint density at radius 1 is 1.08 bits per heavy atom. The fraction of sp³-hybridized carbons (Fsp3) is 0.483. The molecular weight excluding hydrogens is 500 g/mol. The minimum Gasteiger partial charge on any atom is -0.493 e. The number of amides is 4. The molecule has 2 aromatic rings. The topological polar surface area (TPSA) is 91.9 Å². The van der Waals surface area contributed by atoms with Crippen molar-refractivity contribution < 1.29 is 28.6 Å². The van der Waals surface area contributed by atoms with E-state index >= 15 is 0 Å². The van der Waals surface area contributed by atoms with Crippen molar-refractivity contribution in [2.45, 2.75) is 39.2 Å². The van der Waals surface area contributed by atoms with Crippen LogP contribution in [0.4, 0.5) is 16.2 Å². The normalized spacial score (nSPS) is 15.1. The fourth-order valence-corrected chi connectivity index (χ4v) is 4.72. The summed E-state index contributed by atoms with van der Waals surface area (Å²) in [5, 5.41) is 0. The molecule has 2 aliphatic heterocycles. The first-order valence-corrected chi connectivity index (χ1v) is 13.5. The molecule has 0 radical (unpaired) electrons. The number of carbonyl (C=O) groups excluding carboxylic acids is 3. The number of fused-ring (bicyclic) bond motifs is 1. The van der Waals surface area contributed by atoms with Gasteiger partial charge in [0.25, 0.3) is 5.91 Å². The molecule has 39 heavy (non-hydrogen) atoms. The molecule has 4 rings (SSSR count). The Kier molecular flexibility index (Phi) is 9.16. The number of anilines is 2. The van der Waals surface area contributed by atoms with Crippen LogP contribution in [0.5, 0.6) is 17.2 Å². The molecule has 10 heteroatoms. The Bertz CT molecular complexity index is 1200. The molecule has 0 N–H and O–H groups in total. The third-order valence-electron chi connectivity index (χ3n) is 6.94. The second-order valence-corrected chi connectivity index (χ2v) is 9.92. The predicted octanol–water partition coefficient (Wildman–Crippen LogP) is 3.91. The maximum atomic E-state index is 13.6. The van der Waals surface area contributed by atoms with Gasteiger partial charge in [-0.1, -0.05) is 31.9 Å². The van der Waals surface area contributed by atoms with Crippen molar-refractivity contribution in [3.63, 3.8) is 0 Å². The van der Waals surface area contributed by atoms with Gasteiger partial charge in [-0.3, -0.25) is 19.4 Å². The van der Waals surface area contributed by atoms with Gasteiger partial charge >= 0.3 is 6.03 Å². The van der Waals surface area contributed by atoms with Gasteiger partial charge in [0.2, 0.25) is 5.91 Å². The SMILES string of the molecule is CCCCCOc1cc(N2CCCN(Cc3cccc4c3OCC(=O)N4CC(=O)N(C)C)C2=O)ccc1OC. The van der Waals surface area contributed by atoms with Crippen molar-refractivity contribution in [2.75, 3.05) is 63.9 Å². The van der Waals surface area contributed by atoms with Crippen LogP contribution in [0.25, 0.3) is 0 Å². The molecule has 0 aliphatic carbocycles. The second-order valence-electron chi connectivity index (χ2n) is 9.92. The van der Waals surface area contributed by atoms with E-state index in [4.69, 9.17) is 14.2 Å². The molecule has 0 atom stereocenters. The van der Waals surface area contributed by atoms with Gasteiger partial charge in [-0.05, 0) is 31.0 Å². The maximum Gasteiger partial charge on any atom is 0.324 e. The molecule has 0 unspecified atom stereocenters. The fourth-order valence-electron chi connectivity index (χ4n) is 4.72. The number of hydrogen-bond donors (Lipinski definition) is 0. The highest BCUT2D eigenvalue weighted by molar-refractivity contribution is 6.02. The summed E-state index contributed by atoms with van der Waals surface area (Å²) >= 11 is 0. The highest BCUT2D eigenvalue weighted by atomic mass is 16.5. The molecule has 2 aliphatic rings. The third kappa shape index (κ3) is 6.38. The monoisotopic (exact) mass is 538 g/mol. The molecule has 0 saturated carbocycles. The van der Waals surface area contributed by atoms with Crippen molar-refractivity contribution >= 4 is 29.2 Å². The van der Waals surface area contributed by atoms with Crippen molar-refractivity contribution in [1.82, 2.24) is 9.80 Å². The van der Waals surface area contributed by atoms with E-state index in [1.54, 1.807) is 37.1 Å². The van der Waals surface area contributed by atoms with Crippen molar-refractivity contribution in [2.24, 2.45) is 0 Å². The van der Waals surface area contributed by atoms with Crippen molar-refractivity contribution in [1.29, 1.82) is 0 Å². The van der Waals surface area contributed by atoms with E-state index < -0.39 is 0 Å². The number of methoxy groups -OCH3 is 1. The van der Waals surface area contributed by atoms with E-state index in [0.29, 0.717) is 49.2 Å². The Labute approximate surface area is 230 Å². The first-order valence-electron chi connectivity index (χ1n) is 13.5. The summed E-state index contributed by atoms with van der Waals surface area (Å²) in [7, 11) is 4.92. The molecule has 210 valence electrons. The van der Waals surface area contributed by atoms with Crippen LogP contribution in [0.1, 0.15) is 38.2 Å². The molecule has 10 nitrogen and oxygen atoms in total. The maximum absolute atomic E-state index is 13.6. The predicted molar refractivity (Wildman–Crippen MR) is 149 cm³/mol. The van der Waals surface area contributed by atoms with Crippen LogP contribution >= 0.6 is 0 Å². The molecule has 1 fully saturated rings. The van der Waals surface area contributed by atoms with E-state index in [1.807, 2.05) is 30.3 Å². The number of ether oxygens (including phenoxy) is 3. The Balaban J connectivity index is 1.52. The van der Waals surface area contributed by atoms with Gasteiger partial charge in [-0.25, -0.2) is 4.79 Å². The lowest BCUT2D eigenvalue weighted by atomic mass is 10.1. The third-order valence-corrected chi connectivity index (χ3v) is 6.94. The highest BCUT2D eigenvalue weighted by Crippen LogP contribution is 2.37. The molecule has 2 heterocycles. The quantitative estimate of drug-likeness (QED) is 0.403. The van der Waals surface area contributed by atoms with E-state index in [1.165, 1.54) is 9.80 Å². The number of hydrogen-bond acceptors (Lipinski definition) is 6. The number of urea groups is 1. The minimum absolute atomic E-state index is 0.0671. The molecule has 4 amide bonds. The van der Waals surface area contributed by atoms with Gasteiger partial charge in [0, 0.05) is 44.5 Å². The molecule has 0 bridgehead atoms. The van der Waals surface area contributed by atoms with Crippen molar-refractivity contribution in [3.8, 4) is 17.2 Å². The number of carbonyl (C=O) groups is 3. The van der Waals surface area contributed by atoms with Crippen LogP contribution in [0.3, 0.4) is 0 Å². The Hall–Kier alpha value is -3.95. The summed E-state index contributed by atoms with van der Waals surface area (Å²) < 4.78 is 17.3. The van der Waals surface area contributed by atoms with Gasteiger partial charge in [-0.2, -0.15) is 0 Å². The van der Waals surface area contributed by atoms with E-state index in [-0.39, 0.29) is 31.0 Å². The highest BCUT2D eigenvalue weighted by Gasteiger charge is 2.32. The van der Waals surface area contributed by atoms with Gasteiger partial charge in [-0.15, -0.1) is 0 Å². The lowest BCUT2D eigenvalue weighted by molar-refractivity contribution is -0.130. The summed E-state index contributed by atoms with van der Waals surface area (Å²) in [6, 6.07) is 10.9. The van der Waals surface area contributed by atoms with Crippen LogP contribution in [0.2, 0.25) is 0 Å². The smallest absolute Gasteiger partial charge is 0.324 e. The molecule has 0 aromatic heterocycles. The Morgan fingerprint density at radius 3 is 2.64 bits per heavy atom. The van der Waals surface area contributed by atoms with Crippen LogP contribution in [0.15, 0.2) is 36.4 Å². The van der Waals surface area contributed by atoms with Gasteiger partial charge < -0.3 is 24.0 Å². The zero-order chi connectivity index (χ0) is 27.9. The summed E-state index contributed by atoms with van der Waals surface area (Å²) in [6.45, 7) is 4.02. The largest absolute Gasteiger partial charge is 0.493 e. The summed E-state index contributed by atoms with van der Waals surface area (Å²) in [5.74, 6) is 1.33. The molecular formula is C29H38N4O6. The average Bonchev–Trinajstić information content (AvgIpc) is 2.93. The molecule has 0 spiro atoms. The van der Waals surface area contributed by atoms with Crippen LogP contribution in [0, 0.1) is 0 Å². The Morgan fingerprint density at radius 2 is 1.90 bits per heavy atom. The van der Waals surface area contributed by atoms with Crippen LogP contribution in [-0.2, 0) is 16.1 Å². The first-order chi connectivity index (χ1) is 18.8. The van der Waals surface area contributed by atoms with E-state index in [2.05, 4.69) is 6.92 Å². The molecule has 2 aromatic carbocycles. The summed E-state index contributed by atoms with van der Waals surface area (Å²) in [5.41, 5.74) is 2.08. The minimum atomic E-state index is -0.276. The number of rotatable bonds is 11.